The lowest BCUT2D eigenvalue weighted by Crippen LogP contribution is -2.01. The molecule has 2 aromatic heterocycles. The Kier molecular flexibility index (Phi) is 7.43. The van der Waals surface area contributed by atoms with E-state index in [1.54, 1.807) is 0 Å². The molecule has 10 rings (SSSR count). The highest BCUT2D eigenvalue weighted by molar-refractivity contribution is 6.15. The van der Waals surface area contributed by atoms with Crippen molar-refractivity contribution in [3.8, 4) is 62.1 Å². The largest absolute Gasteiger partial charge is 0.309 e. The zero-order valence-electron chi connectivity index (χ0n) is 28.8. The Morgan fingerprint density at radius 2 is 0.868 bits per heavy atom. The lowest BCUT2D eigenvalue weighted by Gasteiger charge is -2.13. The first-order chi connectivity index (χ1) is 26.3. The molecule has 0 N–H and O–H groups in total. The Morgan fingerprint density at radius 3 is 1.66 bits per heavy atom. The van der Waals surface area contributed by atoms with Crippen molar-refractivity contribution in [2.24, 2.45) is 0 Å². The molecule has 0 amide bonds. The first-order valence-electron chi connectivity index (χ1n) is 17.9. The van der Waals surface area contributed by atoms with Gasteiger partial charge in [0.25, 0.3) is 0 Å². The summed E-state index contributed by atoms with van der Waals surface area (Å²) in [6.07, 6.45) is 0. The highest BCUT2D eigenvalue weighted by Crippen LogP contribution is 2.39. The molecule has 8 aromatic carbocycles. The van der Waals surface area contributed by atoms with E-state index in [2.05, 4.69) is 156 Å². The molecule has 0 aliphatic rings. The van der Waals surface area contributed by atoms with Gasteiger partial charge in [-0.3, -0.25) is 0 Å². The summed E-state index contributed by atoms with van der Waals surface area (Å²) in [5.74, 6) is 1.91. The van der Waals surface area contributed by atoms with Crippen LogP contribution in [0.4, 0.5) is 0 Å². The average Bonchev–Trinajstić information content (AvgIpc) is 3.56. The minimum absolute atomic E-state index is 0.632. The van der Waals surface area contributed by atoms with Gasteiger partial charge in [0.1, 0.15) is 0 Å². The molecular weight excluding hydrogens is 645 g/mol. The van der Waals surface area contributed by atoms with Crippen LogP contribution in [0, 0.1) is 0 Å². The van der Waals surface area contributed by atoms with E-state index >= 15 is 0 Å². The van der Waals surface area contributed by atoms with Crippen LogP contribution >= 0.6 is 0 Å². The van der Waals surface area contributed by atoms with Gasteiger partial charge in [0, 0.05) is 33.2 Å². The van der Waals surface area contributed by atoms with Gasteiger partial charge in [0.2, 0.25) is 0 Å². The summed E-state index contributed by atoms with van der Waals surface area (Å²) in [7, 11) is 0. The molecule has 0 saturated carbocycles. The van der Waals surface area contributed by atoms with Gasteiger partial charge in [0.15, 0.2) is 17.5 Å². The third-order valence-electron chi connectivity index (χ3n) is 10.0. The van der Waals surface area contributed by atoms with E-state index in [1.807, 2.05) is 42.5 Å². The van der Waals surface area contributed by atoms with Gasteiger partial charge in [0.05, 0.1) is 11.0 Å². The van der Waals surface area contributed by atoms with Crippen molar-refractivity contribution in [2.45, 2.75) is 0 Å². The van der Waals surface area contributed by atoms with Crippen LogP contribution in [-0.4, -0.2) is 19.5 Å². The number of hydrogen-bond donors (Lipinski definition) is 0. The Morgan fingerprint density at radius 1 is 0.302 bits per heavy atom. The van der Waals surface area contributed by atoms with Crippen molar-refractivity contribution in [1.29, 1.82) is 0 Å². The molecule has 0 saturated heterocycles. The van der Waals surface area contributed by atoms with Crippen LogP contribution in [0.1, 0.15) is 0 Å². The minimum atomic E-state index is 0.632. The standard InChI is InChI=1S/C49H32N4/c1-4-16-33(17-5-1)39-25-10-11-27-42(39)49-51-47(34-18-6-2-7-19-34)50-48(52-49)37-22-14-20-35(30-37)40-28-15-21-36-31-46-44(32-43(36)40)41-26-12-13-29-45(41)53(46)38-23-8-3-9-24-38/h1-32H. The molecule has 0 unspecified atom stereocenters. The van der Waals surface area contributed by atoms with E-state index in [4.69, 9.17) is 15.0 Å². The average molecular weight is 677 g/mol. The summed E-state index contributed by atoms with van der Waals surface area (Å²) in [5.41, 5.74) is 10.8. The fourth-order valence-electron chi connectivity index (χ4n) is 7.56. The normalized spacial score (nSPS) is 11.4. The zero-order valence-corrected chi connectivity index (χ0v) is 28.8. The lowest BCUT2D eigenvalue weighted by molar-refractivity contribution is 1.07. The fourth-order valence-corrected chi connectivity index (χ4v) is 7.56. The van der Waals surface area contributed by atoms with Gasteiger partial charge in [-0.05, 0) is 69.4 Å². The molecule has 0 radical (unpaired) electrons. The number of benzene rings is 8. The predicted molar refractivity (Wildman–Crippen MR) is 219 cm³/mol. The van der Waals surface area contributed by atoms with Gasteiger partial charge in [-0.15, -0.1) is 0 Å². The quantitative estimate of drug-likeness (QED) is 0.176. The lowest BCUT2D eigenvalue weighted by atomic mass is 9.95. The molecule has 0 aliphatic heterocycles. The van der Waals surface area contributed by atoms with Crippen molar-refractivity contribution in [1.82, 2.24) is 19.5 Å². The first kappa shape index (κ1) is 30.6. The number of rotatable bonds is 6. The van der Waals surface area contributed by atoms with E-state index < -0.39 is 0 Å². The Labute approximate surface area is 307 Å². The molecule has 0 spiro atoms. The van der Waals surface area contributed by atoms with Crippen molar-refractivity contribution in [3.63, 3.8) is 0 Å². The summed E-state index contributed by atoms with van der Waals surface area (Å²) >= 11 is 0. The second-order valence-electron chi connectivity index (χ2n) is 13.2. The highest BCUT2D eigenvalue weighted by Gasteiger charge is 2.18. The third-order valence-corrected chi connectivity index (χ3v) is 10.0. The molecule has 53 heavy (non-hydrogen) atoms. The van der Waals surface area contributed by atoms with E-state index in [0.717, 1.165) is 44.6 Å². The number of aromatic nitrogens is 4. The SMILES string of the molecule is c1ccc(-c2nc(-c3cccc(-c4cccc5cc6c(cc45)c4ccccc4n6-c4ccccc4)c3)nc(-c3ccccc3-c3ccccc3)n2)cc1. The Bertz CT molecular complexity index is 2930. The van der Waals surface area contributed by atoms with Crippen LogP contribution in [0.5, 0.6) is 0 Å². The molecule has 0 atom stereocenters. The maximum Gasteiger partial charge on any atom is 0.164 e. The number of nitrogens with zero attached hydrogens (tertiary/aromatic N) is 4. The molecule has 248 valence electrons. The Hall–Kier alpha value is -7.17. The van der Waals surface area contributed by atoms with Gasteiger partial charge in [-0.1, -0.05) is 158 Å². The van der Waals surface area contributed by atoms with Crippen molar-refractivity contribution < 1.29 is 0 Å². The van der Waals surface area contributed by atoms with Crippen molar-refractivity contribution >= 4 is 32.6 Å². The molecule has 10 aromatic rings. The number of para-hydroxylation sites is 2. The third kappa shape index (κ3) is 5.45. The summed E-state index contributed by atoms with van der Waals surface area (Å²) in [6.45, 7) is 0. The molecule has 0 bridgehead atoms. The Balaban J connectivity index is 1.15. The summed E-state index contributed by atoms with van der Waals surface area (Å²) in [5, 5.41) is 4.85. The van der Waals surface area contributed by atoms with Gasteiger partial charge >= 0.3 is 0 Å². The van der Waals surface area contributed by atoms with E-state index in [1.165, 1.54) is 32.6 Å². The molecule has 0 fully saturated rings. The molecule has 4 nitrogen and oxygen atoms in total. The van der Waals surface area contributed by atoms with Crippen LogP contribution in [-0.2, 0) is 0 Å². The zero-order chi connectivity index (χ0) is 35.1. The second-order valence-corrected chi connectivity index (χ2v) is 13.2. The van der Waals surface area contributed by atoms with E-state index in [9.17, 15) is 0 Å². The molecule has 2 heterocycles. The van der Waals surface area contributed by atoms with Gasteiger partial charge < -0.3 is 4.57 Å². The second kappa shape index (κ2) is 12.9. The van der Waals surface area contributed by atoms with Crippen molar-refractivity contribution in [3.05, 3.63) is 194 Å². The number of fused-ring (bicyclic) bond motifs is 4. The topological polar surface area (TPSA) is 43.6 Å². The summed E-state index contributed by atoms with van der Waals surface area (Å²) in [4.78, 5) is 15.3. The van der Waals surface area contributed by atoms with Gasteiger partial charge in [-0.25, -0.2) is 15.0 Å². The van der Waals surface area contributed by atoms with Gasteiger partial charge in [-0.2, -0.15) is 0 Å². The first-order valence-corrected chi connectivity index (χ1v) is 17.9. The van der Waals surface area contributed by atoms with Crippen LogP contribution in [0.2, 0.25) is 0 Å². The highest BCUT2D eigenvalue weighted by atomic mass is 15.0. The maximum absolute atomic E-state index is 5.16. The smallest absolute Gasteiger partial charge is 0.164 e. The van der Waals surface area contributed by atoms with Crippen molar-refractivity contribution in [2.75, 3.05) is 0 Å². The molecule has 0 aliphatic carbocycles. The maximum atomic E-state index is 5.16. The fraction of sp³-hybridized carbons (Fsp3) is 0. The monoisotopic (exact) mass is 676 g/mol. The van der Waals surface area contributed by atoms with Crippen LogP contribution in [0.15, 0.2) is 194 Å². The minimum Gasteiger partial charge on any atom is -0.309 e. The van der Waals surface area contributed by atoms with Crippen LogP contribution in [0.25, 0.3) is 94.7 Å². The summed E-state index contributed by atoms with van der Waals surface area (Å²) in [6, 6.07) is 68.1. The van der Waals surface area contributed by atoms with E-state index in [-0.39, 0.29) is 0 Å². The molecule has 4 heteroatoms. The molecular formula is C49H32N4. The van der Waals surface area contributed by atoms with E-state index in [0.29, 0.717) is 17.5 Å². The van der Waals surface area contributed by atoms with Crippen LogP contribution < -0.4 is 0 Å². The number of hydrogen-bond acceptors (Lipinski definition) is 3. The summed E-state index contributed by atoms with van der Waals surface area (Å²) < 4.78 is 2.37. The van der Waals surface area contributed by atoms with Crippen LogP contribution in [0.3, 0.4) is 0 Å². The predicted octanol–water partition coefficient (Wildman–Crippen LogP) is 12.5.